The smallest absolute Gasteiger partial charge is 0.174 e. The second kappa shape index (κ2) is 9.53. The van der Waals surface area contributed by atoms with Crippen molar-refractivity contribution in [1.29, 1.82) is 0 Å². The van der Waals surface area contributed by atoms with E-state index in [1.54, 1.807) is 13.3 Å². The minimum atomic E-state index is -0.155. The summed E-state index contributed by atoms with van der Waals surface area (Å²) >= 11 is 18.7. The van der Waals surface area contributed by atoms with E-state index < -0.39 is 0 Å². The van der Waals surface area contributed by atoms with Crippen LogP contribution in [0.2, 0.25) is 10.0 Å². The molecule has 0 radical (unpaired) electrons. The predicted octanol–water partition coefficient (Wildman–Crippen LogP) is 6.98. The highest BCUT2D eigenvalue weighted by Crippen LogP contribution is 2.45. The van der Waals surface area contributed by atoms with Crippen molar-refractivity contribution in [2.24, 2.45) is 0 Å². The molecule has 2 aromatic carbocycles. The van der Waals surface area contributed by atoms with Gasteiger partial charge >= 0.3 is 0 Å². The van der Waals surface area contributed by atoms with E-state index >= 15 is 0 Å². The number of nitrogens with one attached hydrogen (secondary N) is 1. The molecule has 1 saturated heterocycles. The first-order valence-electron chi connectivity index (χ1n) is 11.2. The fourth-order valence-corrected chi connectivity index (χ4v) is 5.64. The summed E-state index contributed by atoms with van der Waals surface area (Å²) in [6.45, 7) is 4.22. The molecule has 8 heteroatoms. The van der Waals surface area contributed by atoms with Crippen LogP contribution >= 0.6 is 35.4 Å². The Hall–Kier alpha value is -3.06. The molecule has 0 unspecified atom stereocenters. The number of benzene rings is 2. The summed E-state index contributed by atoms with van der Waals surface area (Å²) in [7, 11) is 1.60. The number of anilines is 1. The number of pyridine rings is 1. The monoisotopic (exact) mass is 522 g/mol. The Balaban J connectivity index is 1.68. The summed E-state index contributed by atoms with van der Waals surface area (Å²) in [6, 6.07) is 21.4. The van der Waals surface area contributed by atoms with Crippen molar-refractivity contribution in [3.8, 4) is 11.4 Å². The van der Waals surface area contributed by atoms with Gasteiger partial charge in [0.25, 0.3) is 0 Å². The number of aryl methyl sites for hydroxylation is 1. The first-order chi connectivity index (χ1) is 16.9. The Morgan fingerprint density at radius 1 is 0.971 bits per heavy atom. The number of thiocarbonyl (C=S) groups is 1. The van der Waals surface area contributed by atoms with Gasteiger partial charge in [0.15, 0.2) is 5.11 Å². The molecule has 1 fully saturated rings. The van der Waals surface area contributed by atoms with Crippen LogP contribution in [0.5, 0.6) is 5.75 Å². The maximum absolute atomic E-state index is 6.51. The molecule has 2 atom stereocenters. The van der Waals surface area contributed by atoms with Crippen molar-refractivity contribution < 1.29 is 4.74 Å². The van der Waals surface area contributed by atoms with Crippen LogP contribution in [0.15, 0.2) is 72.9 Å². The minimum absolute atomic E-state index is 0.152. The van der Waals surface area contributed by atoms with Crippen LogP contribution in [0.3, 0.4) is 0 Å². The van der Waals surface area contributed by atoms with Gasteiger partial charge in [0.2, 0.25) is 0 Å². The zero-order chi connectivity index (χ0) is 24.7. The first-order valence-corrected chi connectivity index (χ1v) is 12.3. The van der Waals surface area contributed by atoms with Gasteiger partial charge in [-0.1, -0.05) is 35.3 Å². The van der Waals surface area contributed by atoms with Gasteiger partial charge in [0.1, 0.15) is 5.75 Å². The summed E-state index contributed by atoms with van der Waals surface area (Å²) in [5.41, 5.74) is 6.15. The standard InChI is InChI=1S/C27H24Cl2N4OS/c1-16-13-21(17(2)32(16)19-8-6-7-18(28)14-19)26-25(23-9-4-5-12-30-23)31-27(35)33(26)20-10-11-24(34-3)22(29)15-20/h4-15,25-26H,1-3H3,(H,31,35)/t25-,26+/m1/s1. The van der Waals surface area contributed by atoms with Gasteiger partial charge in [-0.3, -0.25) is 4.98 Å². The minimum Gasteiger partial charge on any atom is -0.495 e. The average Bonchev–Trinajstić information content (AvgIpc) is 3.34. The molecule has 5 rings (SSSR count). The van der Waals surface area contributed by atoms with Crippen molar-refractivity contribution in [1.82, 2.24) is 14.9 Å². The third-order valence-electron chi connectivity index (χ3n) is 6.37. The zero-order valence-corrected chi connectivity index (χ0v) is 21.8. The lowest BCUT2D eigenvalue weighted by molar-refractivity contribution is 0.415. The van der Waals surface area contributed by atoms with E-state index in [-0.39, 0.29) is 12.1 Å². The molecule has 35 heavy (non-hydrogen) atoms. The lowest BCUT2D eigenvalue weighted by Gasteiger charge is -2.28. The summed E-state index contributed by atoms with van der Waals surface area (Å²) in [4.78, 5) is 6.77. The summed E-state index contributed by atoms with van der Waals surface area (Å²) < 4.78 is 7.58. The molecule has 5 nitrogen and oxygen atoms in total. The topological polar surface area (TPSA) is 42.3 Å². The quantitative estimate of drug-likeness (QED) is 0.286. The zero-order valence-electron chi connectivity index (χ0n) is 19.5. The van der Waals surface area contributed by atoms with E-state index in [1.807, 2.05) is 54.6 Å². The first kappa shape index (κ1) is 23.7. The van der Waals surface area contributed by atoms with Gasteiger partial charge in [-0.2, -0.15) is 0 Å². The number of hydrogen-bond donors (Lipinski definition) is 1. The molecule has 0 saturated carbocycles. The van der Waals surface area contributed by atoms with Crippen LogP contribution in [0, 0.1) is 13.8 Å². The number of hydrogen-bond acceptors (Lipinski definition) is 3. The second-order valence-corrected chi connectivity index (χ2v) is 9.69. The Kier molecular flexibility index (Phi) is 6.45. The molecule has 1 N–H and O–H groups in total. The third-order valence-corrected chi connectivity index (χ3v) is 7.21. The van der Waals surface area contributed by atoms with Crippen LogP contribution in [0.4, 0.5) is 5.69 Å². The van der Waals surface area contributed by atoms with Crippen LogP contribution < -0.4 is 15.0 Å². The van der Waals surface area contributed by atoms with E-state index in [0.717, 1.165) is 34.0 Å². The van der Waals surface area contributed by atoms with Gasteiger partial charge in [-0.15, -0.1) is 0 Å². The largest absolute Gasteiger partial charge is 0.495 e. The van der Waals surface area contributed by atoms with Crippen molar-refractivity contribution in [2.75, 3.05) is 12.0 Å². The third kappa shape index (κ3) is 4.27. The maximum Gasteiger partial charge on any atom is 0.174 e. The highest BCUT2D eigenvalue weighted by atomic mass is 35.5. The number of aromatic nitrogens is 2. The number of methoxy groups -OCH3 is 1. The molecule has 2 aromatic heterocycles. The summed E-state index contributed by atoms with van der Waals surface area (Å²) in [5.74, 6) is 0.616. The lowest BCUT2D eigenvalue weighted by atomic mass is 9.96. The van der Waals surface area contributed by atoms with E-state index in [1.165, 1.54) is 0 Å². The number of nitrogens with zero attached hydrogens (tertiary/aromatic N) is 3. The van der Waals surface area contributed by atoms with Gasteiger partial charge in [-0.25, -0.2) is 0 Å². The van der Waals surface area contributed by atoms with Crippen molar-refractivity contribution in [3.63, 3.8) is 0 Å². The SMILES string of the molecule is COc1ccc(N2C(=S)N[C@H](c3ccccn3)[C@@H]2c2cc(C)n(-c3cccc(Cl)c3)c2C)cc1Cl. The van der Waals surface area contributed by atoms with E-state index in [2.05, 4.69) is 45.7 Å². The molecule has 0 amide bonds. The molecule has 3 heterocycles. The Morgan fingerprint density at radius 3 is 2.49 bits per heavy atom. The van der Waals surface area contributed by atoms with Crippen LogP contribution in [-0.2, 0) is 0 Å². The molecule has 178 valence electrons. The summed E-state index contributed by atoms with van der Waals surface area (Å²) in [5, 5.41) is 5.34. The van der Waals surface area contributed by atoms with E-state index in [4.69, 9.17) is 40.2 Å². The highest BCUT2D eigenvalue weighted by Gasteiger charge is 2.42. The summed E-state index contributed by atoms with van der Waals surface area (Å²) in [6.07, 6.45) is 1.80. The normalized spacial score (nSPS) is 17.5. The second-order valence-electron chi connectivity index (χ2n) is 8.46. The predicted molar refractivity (Wildman–Crippen MR) is 146 cm³/mol. The van der Waals surface area contributed by atoms with E-state index in [9.17, 15) is 0 Å². The highest BCUT2D eigenvalue weighted by molar-refractivity contribution is 7.80. The Bertz CT molecular complexity index is 1410. The molecule has 0 spiro atoms. The molecule has 4 aromatic rings. The van der Waals surface area contributed by atoms with Crippen LogP contribution in [0.25, 0.3) is 5.69 Å². The van der Waals surface area contributed by atoms with E-state index in [0.29, 0.717) is 20.9 Å². The van der Waals surface area contributed by atoms with Gasteiger partial charge in [0, 0.05) is 34.0 Å². The molecule has 1 aliphatic heterocycles. The number of ether oxygens (including phenoxy) is 1. The Labute approximate surface area is 220 Å². The van der Waals surface area contributed by atoms with Crippen LogP contribution in [-0.4, -0.2) is 21.8 Å². The van der Waals surface area contributed by atoms with Crippen molar-refractivity contribution in [3.05, 3.63) is 106 Å². The lowest BCUT2D eigenvalue weighted by Crippen LogP contribution is -2.29. The fraction of sp³-hybridized carbons (Fsp3) is 0.185. The molecular weight excluding hydrogens is 499 g/mol. The Morgan fingerprint density at radius 2 is 1.80 bits per heavy atom. The maximum atomic E-state index is 6.51. The molecule has 1 aliphatic rings. The molecule has 0 aliphatic carbocycles. The van der Waals surface area contributed by atoms with Gasteiger partial charge in [0.05, 0.1) is 29.9 Å². The van der Waals surface area contributed by atoms with Crippen LogP contribution in [0.1, 0.15) is 34.7 Å². The van der Waals surface area contributed by atoms with Gasteiger partial charge in [-0.05, 0) is 86.2 Å². The fourth-order valence-electron chi connectivity index (χ4n) is 4.85. The number of halogens is 2. The van der Waals surface area contributed by atoms with Crippen molar-refractivity contribution >= 4 is 46.2 Å². The molecule has 0 bridgehead atoms. The average molecular weight is 523 g/mol. The molecular formula is C27H24Cl2N4OS. The van der Waals surface area contributed by atoms with Gasteiger partial charge < -0.3 is 19.5 Å². The van der Waals surface area contributed by atoms with Crippen molar-refractivity contribution in [2.45, 2.75) is 25.9 Å². The number of rotatable bonds is 5.